The third kappa shape index (κ3) is 7.33. The van der Waals surface area contributed by atoms with Gasteiger partial charge in [-0.05, 0) is 62.4 Å². The molecule has 2 amide bonds. The first kappa shape index (κ1) is 31.1. The molecule has 0 bridgehead atoms. The Morgan fingerprint density at radius 1 is 0.738 bits per heavy atom. The summed E-state index contributed by atoms with van der Waals surface area (Å²) in [6.07, 6.45) is 0.497. The number of benzene rings is 2. The number of carbonyl (C=O) groups excluding carboxylic acids is 2. The maximum Gasteiger partial charge on any atom is 0.306 e. The molecule has 0 unspecified atom stereocenters. The van der Waals surface area contributed by atoms with Gasteiger partial charge in [0.2, 0.25) is 11.8 Å². The summed E-state index contributed by atoms with van der Waals surface area (Å²) in [6, 6.07) is 7.56. The second-order valence-electron chi connectivity index (χ2n) is 10.8. The number of ether oxygens (including phenoxy) is 3. The van der Waals surface area contributed by atoms with Crippen LogP contribution in [-0.4, -0.2) is 64.1 Å². The number of amides is 2. The molecule has 0 saturated heterocycles. The van der Waals surface area contributed by atoms with Gasteiger partial charge in [-0.2, -0.15) is 0 Å². The van der Waals surface area contributed by atoms with Gasteiger partial charge >= 0.3 is 11.9 Å². The van der Waals surface area contributed by atoms with Crippen LogP contribution in [0.5, 0.6) is 17.2 Å². The van der Waals surface area contributed by atoms with E-state index in [4.69, 9.17) is 24.4 Å². The molecule has 11 nitrogen and oxygen atoms in total. The highest BCUT2D eigenvalue weighted by molar-refractivity contribution is 9.10. The summed E-state index contributed by atoms with van der Waals surface area (Å²) in [5.74, 6) is -2.08. The molecule has 0 aromatic heterocycles. The fraction of sp³-hybridized carbons (Fsp3) is 0.467. The number of nitrogens with zero attached hydrogens (tertiary/aromatic N) is 2. The van der Waals surface area contributed by atoms with Crippen molar-refractivity contribution >= 4 is 39.7 Å². The average Bonchev–Trinajstić information content (AvgIpc) is 3.55. The van der Waals surface area contributed by atoms with E-state index in [2.05, 4.69) is 15.9 Å². The highest BCUT2D eigenvalue weighted by Crippen LogP contribution is 2.36. The van der Waals surface area contributed by atoms with E-state index in [1.807, 2.05) is 24.3 Å². The first-order valence-corrected chi connectivity index (χ1v) is 14.5. The number of carbonyl (C=O) groups is 4. The lowest BCUT2D eigenvalue weighted by atomic mass is 10.1. The highest BCUT2D eigenvalue weighted by Gasteiger charge is 2.29. The molecule has 2 aliphatic rings. The lowest BCUT2D eigenvalue weighted by molar-refractivity contribution is -0.145. The van der Waals surface area contributed by atoms with Gasteiger partial charge in [-0.15, -0.1) is 0 Å². The predicted molar refractivity (Wildman–Crippen MR) is 154 cm³/mol. The molecule has 4 rings (SSSR count). The van der Waals surface area contributed by atoms with Crippen molar-refractivity contribution in [3.8, 4) is 17.2 Å². The Morgan fingerprint density at radius 2 is 1.14 bits per heavy atom. The van der Waals surface area contributed by atoms with E-state index in [0.29, 0.717) is 63.1 Å². The standard InChI is InChI=1S/C30H35BrN2O9/c1-17(29(36)37)7-27(34)32-13-19-9-23(31)24(10-20(19)14-32)41-5-4-6-42-26-12-22-16-33(15-21(22)11-25(26)40-3)28(35)8-18(2)30(38)39/h9-12,17-18H,4-8,13-16H2,1-3H3,(H,36,37)(H,38,39)/t17-,18-/m0/s1. The zero-order valence-electron chi connectivity index (χ0n) is 23.9. The fourth-order valence-electron chi connectivity index (χ4n) is 4.92. The summed E-state index contributed by atoms with van der Waals surface area (Å²) in [4.78, 5) is 50.6. The number of hydrogen-bond acceptors (Lipinski definition) is 7. The highest BCUT2D eigenvalue weighted by atomic mass is 79.9. The smallest absolute Gasteiger partial charge is 0.306 e. The fourth-order valence-corrected chi connectivity index (χ4v) is 5.42. The first-order valence-electron chi connectivity index (χ1n) is 13.7. The van der Waals surface area contributed by atoms with E-state index in [1.54, 1.807) is 16.9 Å². The Morgan fingerprint density at radius 3 is 1.60 bits per heavy atom. The molecule has 0 radical (unpaired) electrons. The summed E-state index contributed by atoms with van der Waals surface area (Å²) in [5.41, 5.74) is 3.84. The molecule has 2 aromatic carbocycles. The van der Waals surface area contributed by atoms with Crippen LogP contribution < -0.4 is 14.2 Å². The topological polar surface area (TPSA) is 143 Å². The van der Waals surface area contributed by atoms with Gasteiger partial charge in [-0.3, -0.25) is 19.2 Å². The van der Waals surface area contributed by atoms with Crippen LogP contribution in [0.4, 0.5) is 0 Å². The van der Waals surface area contributed by atoms with Gasteiger partial charge in [0.1, 0.15) is 5.75 Å². The Balaban J connectivity index is 1.27. The second-order valence-corrected chi connectivity index (χ2v) is 11.6. The van der Waals surface area contributed by atoms with Gasteiger partial charge in [0.25, 0.3) is 0 Å². The van der Waals surface area contributed by atoms with Crippen molar-refractivity contribution in [3.05, 3.63) is 51.0 Å². The first-order chi connectivity index (χ1) is 20.0. The average molecular weight is 648 g/mol. The predicted octanol–water partition coefficient (Wildman–Crippen LogP) is 4.21. The van der Waals surface area contributed by atoms with Crippen molar-refractivity contribution in [2.24, 2.45) is 11.8 Å². The Hall–Kier alpha value is -3.80. The molecule has 0 aliphatic carbocycles. The number of rotatable bonds is 13. The molecule has 2 aromatic rings. The van der Waals surface area contributed by atoms with Gasteiger partial charge in [0, 0.05) is 45.4 Å². The van der Waals surface area contributed by atoms with Gasteiger partial charge in [0.05, 0.1) is 36.6 Å². The number of methoxy groups -OCH3 is 1. The van der Waals surface area contributed by atoms with Crippen LogP contribution in [0, 0.1) is 11.8 Å². The largest absolute Gasteiger partial charge is 0.493 e. The summed E-state index contributed by atoms with van der Waals surface area (Å²) in [7, 11) is 1.55. The molecule has 226 valence electrons. The van der Waals surface area contributed by atoms with Crippen LogP contribution in [0.25, 0.3) is 0 Å². The number of carboxylic acid groups (broad SMARTS) is 2. The van der Waals surface area contributed by atoms with Crippen molar-refractivity contribution in [1.29, 1.82) is 0 Å². The van der Waals surface area contributed by atoms with E-state index in [-0.39, 0.29) is 24.7 Å². The minimum Gasteiger partial charge on any atom is -0.493 e. The van der Waals surface area contributed by atoms with Crippen LogP contribution in [0.15, 0.2) is 28.7 Å². The van der Waals surface area contributed by atoms with Gasteiger partial charge < -0.3 is 34.2 Å². The van der Waals surface area contributed by atoms with E-state index in [9.17, 15) is 19.2 Å². The van der Waals surface area contributed by atoms with Gasteiger partial charge in [-0.25, -0.2) is 0 Å². The Kier molecular flexibility index (Phi) is 9.97. The van der Waals surface area contributed by atoms with Crippen LogP contribution in [-0.2, 0) is 45.4 Å². The number of fused-ring (bicyclic) bond motifs is 2. The number of halogens is 1. The van der Waals surface area contributed by atoms with Crippen LogP contribution in [0.3, 0.4) is 0 Å². The molecule has 2 heterocycles. The number of aliphatic carboxylic acids is 2. The lowest BCUT2D eigenvalue weighted by Crippen LogP contribution is -2.28. The lowest BCUT2D eigenvalue weighted by Gasteiger charge is -2.16. The van der Waals surface area contributed by atoms with Crippen molar-refractivity contribution in [1.82, 2.24) is 9.80 Å². The van der Waals surface area contributed by atoms with E-state index in [0.717, 1.165) is 26.7 Å². The van der Waals surface area contributed by atoms with Crippen molar-refractivity contribution in [2.75, 3.05) is 20.3 Å². The van der Waals surface area contributed by atoms with E-state index < -0.39 is 23.8 Å². The zero-order valence-corrected chi connectivity index (χ0v) is 25.4. The molecule has 12 heteroatoms. The molecule has 42 heavy (non-hydrogen) atoms. The minimum atomic E-state index is -0.993. The number of carboxylic acids is 2. The third-order valence-electron chi connectivity index (χ3n) is 7.50. The molecule has 0 fully saturated rings. The summed E-state index contributed by atoms with van der Waals surface area (Å²) < 4.78 is 18.3. The van der Waals surface area contributed by atoms with Crippen molar-refractivity contribution in [2.45, 2.75) is 59.3 Å². The summed E-state index contributed by atoms with van der Waals surface area (Å²) in [6.45, 7) is 5.42. The number of hydrogen-bond donors (Lipinski definition) is 2. The molecule has 2 atom stereocenters. The molecular formula is C30H35BrN2O9. The van der Waals surface area contributed by atoms with Crippen LogP contribution >= 0.6 is 15.9 Å². The Bertz CT molecular complexity index is 1380. The van der Waals surface area contributed by atoms with E-state index in [1.165, 1.54) is 13.8 Å². The Labute approximate surface area is 252 Å². The molecular weight excluding hydrogens is 612 g/mol. The molecule has 2 aliphatic heterocycles. The zero-order chi connectivity index (χ0) is 30.6. The quantitative estimate of drug-likeness (QED) is 0.306. The summed E-state index contributed by atoms with van der Waals surface area (Å²) in [5, 5.41) is 18.2. The molecule has 2 N–H and O–H groups in total. The van der Waals surface area contributed by atoms with Gasteiger partial charge in [-0.1, -0.05) is 13.8 Å². The summed E-state index contributed by atoms with van der Waals surface area (Å²) >= 11 is 3.54. The van der Waals surface area contributed by atoms with Crippen LogP contribution in [0.2, 0.25) is 0 Å². The minimum absolute atomic E-state index is 0.0364. The molecule has 0 spiro atoms. The second kappa shape index (κ2) is 13.5. The van der Waals surface area contributed by atoms with Crippen molar-refractivity contribution in [3.63, 3.8) is 0 Å². The monoisotopic (exact) mass is 646 g/mol. The van der Waals surface area contributed by atoms with Gasteiger partial charge in [0.15, 0.2) is 11.5 Å². The van der Waals surface area contributed by atoms with Crippen molar-refractivity contribution < 1.29 is 43.6 Å². The third-order valence-corrected chi connectivity index (χ3v) is 8.12. The maximum atomic E-state index is 12.6. The van der Waals surface area contributed by atoms with Crippen LogP contribution in [0.1, 0.15) is 55.4 Å². The molecule has 0 saturated carbocycles. The maximum absolute atomic E-state index is 12.6. The normalized spacial score (nSPS) is 15.0. The SMILES string of the molecule is COc1cc2c(cc1OCCCOc1cc3c(cc1Br)CN(C(=O)C[C@H](C)C(=O)O)C3)CN(C(=O)C[C@H](C)C(=O)O)C2. The van der Waals surface area contributed by atoms with E-state index >= 15 is 0 Å².